The topological polar surface area (TPSA) is 47.7 Å². The summed E-state index contributed by atoms with van der Waals surface area (Å²) in [6.07, 6.45) is 6.33. The highest BCUT2D eigenvalue weighted by Crippen LogP contribution is 2.34. The number of rotatable bonds is 8. The molecule has 2 N–H and O–H groups in total. The fraction of sp³-hybridized carbons (Fsp3) is 1.00. The van der Waals surface area contributed by atoms with Crippen LogP contribution in [-0.2, 0) is 9.47 Å². The van der Waals surface area contributed by atoms with Crippen molar-refractivity contribution in [1.29, 1.82) is 0 Å². The van der Waals surface area contributed by atoms with E-state index in [1.807, 2.05) is 0 Å². The highest BCUT2D eigenvalue weighted by atomic mass is 16.5. The van der Waals surface area contributed by atoms with Crippen LogP contribution in [0.5, 0.6) is 0 Å². The van der Waals surface area contributed by atoms with Crippen LogP contribution < -0.4 is 5.73 Å². The Morgan fingerprint density at radius 1 is 1.11 bits per heavy atom. The molecule has 0 bridgehead atoms. The third kappa shape index (κ3) is 5.03. The predicted octanol–water partition coefficient (Wildman–Crippen LogP) is 1.88. The maximum atomic E-state index is 6.17. The molecule has 1 aliphatic rings. The molecule has 0 saturated heterocycles. The quantitative estimate of drug-likeness (QED) is 0.685. The van der Waals surface area contributed by atoms with Crippen molar-refractivity contribution < 1.29 is 9.47 Å². The molecule has 0 heterocycles. The summed E-state index contributed by atoms with van der Waals surface area (Å²) in [5, 5.41) is 0. The van der Waals surface area contributed by atoms with Gasteiger partial charge < -0.3 is 15.2 Å². The van der Waals surface area contributed by atoms with Crippen molar-refractivity contribution in [3.05, 3.63) is 0 Å². The molecule has 0 amide bonds. The van der Waals surface area contributed by atoms with E-state index in [4.69, 9.17) is 15.2 Å². The van der Waals surface area contributed by atoms with Gasteiger partial charge in [-0.25, -0.2) is 0 Å². The summed E-state index contributed by atoms with van der Waals surface area (Å²) in [6.45, 7) is 6.54. The molecule has 0 aromatic heterocycles. The van der Waals surface area contributed by atoms with Gasteiger partial charge in [0.2, 0.25) is 0 Å². The Hall–Kier alpha value is -0.160. The van der Waals surface area contributed by atoms with Gasteiger partial charge in [-0.05, 0) is 25.2 Å². The maximum Gasteiger partial charge on any atom is 0.0589 e. The zero-order valence-corrected chi connectivity index (χ0v) is 13.0. The number of nitrogens with zero attached hydrogens (tertiary/aromatic N) is 1. The minimum atomic E-state index is 0.155. The third-order valence-corrected chi connectivity index (χ3v) is 4.62. The Bertz CT molecular complexity index is 230. The van der Waals surface area contributed by atoms with Gasteiger partial charge in [-0.2, -0.15) is 0 Å². The van der Waals surface area contributed by atoms with Crippen LogP contribution in [0.4, 0.5) is 0 Å². The monoisotopic (exact) mass is 272 g/mol. The molecule has 1 fully saturated rings. The van der Waals surface area contributed by atoms with Crippen molar-refractivity contribution in [3.8, 4) is 0 Å². The average molecular weight is 272 g/mol. The lowest BCUT2D eigenvalue weighted by Crippen LogP contribution is -2.55. The summed E-state index contributed by atoms with van der Waals surface area (Å²) in [6, 6.07) is 0. The molecule has 2 atom stereocenters. The molecule has 0 radical (unpaired) electrons. The van der Waals surface area contributed by atoms with Crippen molar-refractivity contribution in [1.82, 2.24) is 4.90 Å². The van der Waals surface area contributed by atoms with E-state index in [0.29, 0.717) is 0 Å². The van der Waals surface area contributed by atoms with E-state index in [0.717, 1.165) is 38.8 Å². The second kappa shape index (κ2) is 8.90. The van der Waals surface area contributed by atoms with Crippen molar-refractivity contribution in [2.75, 3.05) is 47.1 Å². The first kappa shape index (κ1) is 16.9. The van der Waals surface area contributed by atoms with Crippen LogP contribution in [0.1, 0.15) is 39.0 Å². The van der Waals surface area contributed by atoms with Crippen LogP contribution in [-0.4, -0.2) is 57.5 Å². The van der Waals surface area contributed by atoms with Gasteiger partial charge >= 0.3 is 0 Å². The van der Waals surface area contributed by atoms with Crippen LogP contribution in [0, 0.1) is 5.92 Å². The molecule has 4 heteroatoms. The smallest absolute Gasteiger partial charge is 0.0589 e. The minimum absolute atomic E-state index is 0.155. The fourth-order valence-corrected chi connectivity index (χ4v) is 3.20. The van der Waals surface area contributed by atoms with Crippen molar-refractivity contribution in [2.24, 2.45) is 11.7 Å². The minimum Gasteiger partial charge on any atom is -0.383 e. The van der Waals surface area contributed by atoms with Crippen LogP contribution >= 0.6 is 0 Å². The molecule has 0 aromatic rings. The normalized spacial score (nSPS) is 28.6. The molecular formula is C15H32N2O2. The lowest BCUT2D eigenvalue weighted by atomic mass is 9.87. The van der Waals surface area contributed by atoms with Gasteiger partial charge in [-0.15, -0.1) is 0 Å². The van der Waals surface area contributed by atoms with Crippen LogP contribution in [0.25, 0.3) is 0 Å². The Kier molecular flexibility index (Phi) is 7.91. The number of nitrogens with two attached hydrogens (primary N) is 1. The van der Waals surface area contributed by atoms with Crippen molar-refractivity contribution >= 4 is 0 Å². The van der Waals surface area contributed by atoms with E-state index in [2.05, 4.69) is 11.8 Å². The van der Waals surface area contributed by atoms with Crippen LogP contribution in [0.15, 0.2) is 0 Å². The average Bonchev–Trinajstić information content (AvgIpc) is 2.62. The molecule has 19 heavy (non-hydrogen) atoms. The van der Waals surface area contributed by atoms with Gasteiger partial charge in [0.1, 0.15) is 0 Å². The first-order valence-electron chi connectivity index (χ1n) is 7.61. The zero-order valence-electron chi connectivity index (χ0n) is 13.0. The summed E-state index contributed by atoms with van der Waals surface area (Å²) in [4.78, 5) is 2.51. The Balaban J connectivity index is 2.72. The SMILES string of the molecule is COCCN(CCOC)C1(CN)CCCC(C)CC1. The first-order chi connectivity index (χ1) is 9.18. The van der Waals surface area contributed by atoms with Crippen LogP contribution in [0.3, 0.4) is 0 Å². The fourth-order valence-electron chi connectivity index (χ4n) is 3.20. The molecular weight excluding hydrogens is 240 g/mol. The Labute approximate surface area is 118 Å². The lowest BCUT2D eigenvalue weighted by molar-refractivity contribution is 0.0273. The predicted molar refractivity (Wildman–Crippen MR) is 79.4 cm³/mol. The maximum absolute atomic E-state index is 6.17. The molecule has 0 aliphatic heterocycles. The van der Waals surface area contributed by atoms with E-state index in [1.54, 1.807) is 14.2 Å². The summed E-state index contributed by atoms with van der Waals surface area (Å²) < 4.78 is 10.5. The number of hydrogen-bond donors (Lipinski definition) is 1. The number of ether oxygens (including phenoxy) is 2. The molecule has 2 unspecified atom stereocenters. The third-order valence-electron chi connectivity index (χ3n) is 4.62. The molecule has 0 spiro atoms. The van der Waals surface area contributed by atoms with Gasteiger partial charge in [0.15, 0.2) is 0 Å². The molecule has 1 saturated carbocycles. The molecule has 1 aliphatic carbocycles. The molecule has 1 rings (SSSR count). The van der Waals surface area contributed by atoms with Gasteiger partial charge in [0.05, 0.1) is 13.2 Å². The van der Waals surface area contributed by atoms with E-state index >= 15 is 0 Å². The van der Waals surface area contributed by atoms with E-state index in [9.17, 15) is 0 Å². The van der Waals surface area contributed by atoms with Gasteiger partial charge in [-0.3, -0.25) is 4.90 Å². The van der Waals surface area contributed by atoms with E-state index in [1.165, 1.54) is 32.1 Å². The summed E-state index contributed by atoms with van der Waals surface area (Å²) in [7, 11) is 3.53. The van der Waals surface area contributed by atoms with Gasteiger partial charge in [0, 0.05) is 39.4 Å². The van der Waals surface area contributed by atoms with Crippen molar-refractivity contribution in [2.45, 2.75) is 44.6 Å². The highest BCUT2D eigenvalue weighted by Gasteiger charge is 2.36. The van der Waals surface area contributed by atoms with E-state index < -0.39 is 0 Å². The Morgan fingerprint density at radius 3 is 2.26 bits per heavy atom. The standard InChI is InChI=1S/C15H32N2O2/c1-14-5-4-7-15(13-16,8-6-14)17(9-11-18-2)10-12-19-3/h14H,4-13,16H2,1-3H3. The van der Waals surface area contributed by atoms with Crippen LogP contribution in [0.2, 0.25) is 0 Å². The second-order valence-corrected chi connectivity index (χ2v) is 5.94. The molecule has 114 valence electrons. The summed E-state index contributed by atoms with van der Waals surface area (Å²) in [5.74, 6) is 0.833. The largest absolute Gasteiger partial charge is 0.383 e. The molecule has 4 nitrogen and oxygen atoms in total. The first-order valence-corrected chi connectivity index (χ1v) is 7.61. The second-order valence-electron chi connectivity index (χ2n) is 5.94. The Morgan fingerprint density at radius 2 is 1.74 bits per heavy atom. The zero-order chi connectivity index (χ0) is 14.1. The number of methoxy groups -OCH3 is 2. The lowest BCUT2D eigenvalue weighted by Gasteiger charge is -2.43. The van der Waals surface area contributed by atoms with Gasteiger partial charge in [0.25, 0.3) is 0 Å². The summed E-state index contributed by atoms with van der Waals surface area (Å²) in [5.41, 5.74) is 6.33. The van der Waals surface area contributed by atoms with Crippen molar-refractivity contribution in [3.63, 3.8) is 0 Å². The highest BCUT2D eigenvalue weighted by molar-refractivity contribution is 4.94. The van der Waals surface area contributed by atoms with E-state index in [-0.39, 0.29) is 5.54 Å². The molecule has 0 aromatic carbocycles. The van der Waals surface area contributed by atoms with Gasteiger partial charge in [-0.1, -0.05) is 19.8 Å². The summed E-state index contributed by atoms with van der Waals surface area (Å²) >= 11 is 0. The number of hydrogen-bond acceptors (Lipinski definition) is 4.